The van der Waals surface area contributed by atoms with E-state index < -0.39 is 17.3 Å². The summed E-state index contributed by atoms with van der Waals surface area (Å²) >= 11 is 0. The van der Waals surface area contributed by atoms with Crippen LogP contribution >= 0.6 is 0 Å². The maximum Gasteiger partial charge on any atom is 0.407 e. The van der Waals surface area contributed by atoms with Crippen molar-refractivity contribution in [3.8, 4) is 5.75 Å². The van der Waals surface area contributed by atoms with Crippen LogP contribution in [0.25, 0.3) is 0 Å². The van der Waals surface area contributed by atoms with Crippen molar-refractivity contribution < 1.29 is 19.4 Å². The van der Waals surface area contributed by atoms with Crippen molar-refractivity contribution in [3.63, 3.8) is 0 Å². The van der Waals surface area contributed by atoms with E-state index in [0.717, 1.165) is 17.6 Å². The van der Waals surface area contributed by atoms with E-state index in [1.54, 1.807) is 13.8 Å². The number of aryl methyl sites for hydroxylation is 1. The molecule has 0 aliphatic carbocycles. The zero-order chi connectivity index (χ0) is 20.1. The molecule has 0 aliphatic rings. The zero-order valence-corrected chi connectivity index (χ0v) is 17.5. The Morgan fingerprint density at radius 2 is 1.88 bits per heavy atom. The number of alkyl carbamates (subject to hydrolysis) is 1. The minimum absolute atomic E-state index is 0.114. The van der Waals surface area contributed by atoms with Gasteiger partial charge in [-0.2, -0.15) is 0 Å². The molecule has 1 amide bonds. The molecule has 0 aliphatic heterocycles. The van der Waals surface area contributed by atoms with E-state index in [2.05, 4.69) is 26.2 Å². The normalized spacial score (nSPS) is 13.2. The summed E-state index contributed by atoms with van der Waals surface area (Å²) < 4.78 is 11.1. The molecule has 2 N–H and O–H groups in total. The topological polar surface area (TPSA) is 67.8 Å². The molecule has 0 bridgehead atoms. The van der Waals surface area contributed by atoms with E-state index >= 15 is 0 Å². The van der Waals surface area contributed by atoms with Gasteiger partial charge in [0.2, 0.25) is 0 Å². The summed E-state index contributed by atoms with van der Waals surface area (Å²) in [7, 11) is 4.11. The molecule has 144 valence electrons. The van der Waals surface area contributed by atoms with Crippen molar-refractivity contribution in [2.24, 2.45) is 0 Å². The van der Waals surface area contributed by atoms with Crippen LogP contribution in [0.1, 0.15) is 58.5 Å². The Balaban J connectivity index is 2.93. The van der Waals surface area contributed by atoms with Gasteiger partial charge in [0.05, 0.1) is 5.60 Å². The maximum absolute atomic E-state index is 11.9. The Morgan fingerprint density at radius 1 is 1.27 bits per heavy atom. The van der Waals surface area contributed by atoms with Crippen molar-refractivity contribution in [1.82, 2.24) is 5.32 Å². The molecule has 0 spiro atoms. The summed E-state index contributed by atoms with van der Waals surface area (Å²) in [5, 5.41) is 12.8. The Kier molecular flexibility index (Phi) is 7.63. The SMILES string of the molecule is Bc1c(OCC(C)(C)O)ccc(CC)c1C(B)CNC(=O)OC(C)(C)C. The lowest BCUT2D eigenvalue weighted by Gasteiger charge is -2.25. The Hall–Kier alpha value is -1.62. The molecule has 0 heterocycles. The van der Waals surface area contributed by atoms with Gasteiger partial charge in [-0.05, 0) is 63.9 Å². The largest absolute Gasteiger partial charge is 0.491 e. The lowest BCUT2D eigenvalue weighted by molar-refractivity contribution is 0.0288. The number of rotatable bonds is 7. The summed E-state index contributed by atoms with van der Waals surface area (Å²) in [5.41, 5.74) is 2.06. The van der Waals surface area contributed by atoms with Crippen LogP contribution in [0.3, 0.4) is 0 Å². The summed E-state index contributed by atoms with van der Waals surface area (Å²) in [4.78, 5) is 11.9. The quantitative estimate of drug-likeness (QED) is 0.707. The molecular formula is C19H33B2NO4. The summed E-state index contributed by atoms with van der Waals surface area (Å²) in [5.74, 6) is 0.881. The number of nitrogens with one attached hydrogen (secondary N) is 1. The Morgan fingerprint density at radius 3 is 2.38 bits per heavy atom. The molecule has 0 aromatic heterocycles. The van der Waals surface area contributed by atoms with Crippen LogP contribution in [0.2, 0.25) is 0 Å². The molecule has 0 fully saturated rings. The predicted molar refractivity (Wildman–Crippen MR) is 111 cm³/mol. The lowest BCUT2D eigenvalue weighted by Crippen LogP contribution is -2.36. The molecule has 26 heavy (non-hydrogen) atoms. The van der Waals surface area contributed by atoms with Crippen LogP contribution in [-0.4, -0.2) is 51.2 Å². The van der Waals surface area contributed by atoms with Crippen LogP contribution < -0.4 is 15.5 Å². The first-order chi connectivity index (χ1) is 11.8. The van der Waals surface area contributed by atoms with E-state index in [4.69, 9.17) is 9.47 Å². The van der Waals surface area contributed by atoms with Crippen molar-refractivity contribution in [1.29, 1.82) is 0 Å². The van der Waals surface area contributed by atoms with E-state index in [1.807, 2.05) is 34.7 Å². The maximum atomic E-state index is 11.9. The molecule has 0 radical (unpaired) electrons. The van der Waals surface area contributed by atoms with Gasteiger partial charge in [0.1, 0.15) is 33.6 Å². The van der Waals surface area contributed by atoms with Crippen LogP contribution in [0.5, 0.6) is 5.75 Å². The van der Waals surface area contributed by atoms with E-state index in [1.165, 1.54) is 11.1 Å². The number of carbonyl (C=O) groups is 1. The smallest absolute Gasteiger partial charge is 0.407 e. The van der Waals surface area contributed by atoms with Crippen molar-refractivity contribution in [2.45, 2.75) is 65.0 Å². The van der Waals surface area contributed by atoms with E-state index in [9.17, 15) is 9.90 Å². The third-order valence-electron chi connectivity index (χ3n) is 3.96. The number of amides is 1. The average Bonchev–Trinajstić information content (AvgIpc) is 2.48. The summed E-state index contributed by atoms with van der Waals surface area (Å²) in [6, 6.07) is 4.02. The minimum atomic E-state index is -0.889. The highest BCUT2D eigenvalue weighted by Crippen LogP contribution is 2.22. The first-order valence-corrected chi connectivity index (χ1v) is 9.28. The van der Waals surface area contributed by atoms with Crippen LogP contribution in [0.4, 0.5) is 4.79 Å². The molecule has 1 aromatic rings. The van der Waals surface area contributed by atoms with Crippen molar-refractivity contribution >= 4 is 27.2 Å². The highest BCUT2D eigenvalue weighted by atomic mass is 16.6. The van der Waals surface area contributed by atoms with Gasteiger partial charge in [0.15, 0.2) is 0 Å². The van der Waals surface area contributed by atoms with Gasteiger partial charge in [-0.15, -0.1) is 0 Å². The number of aliphatic hydroxyl groups is 1. The molecular weight excluding hydrogens is 328 g/mol. The second kappa shape index (κ2) is 8.85. The van der Waals surface area contributed by atoms with Crippen LogP contribution in [0.15, 0.2) is 12.1 Å². The van der Waals surface area contributed by atoms with Gasteiger partial charge in [0, 0.05) is 6.54 Å². The molecule has 0 saturated carbocycles. The fourth-order valence-electron chi connectivity index (χ4n) is 2.82. The Labute approximate surface area is 159 Å². The van der Waals surface area contributed by atoms with Crippen molar-refractivity contribution in [2.75, 3.05) is 13.2 Å². The van der Waals surface area contributed by atoms with E-state index in [0.29, 0.717) is 6.54 Å². The van der Waals surface area contributed by atoms with Crippen molar-refractivity contribution in [3.05, 3.63) is 23.3 Å². The van der Waals surface area contributed by atoms with E-state index in [-0.39, 0.29) is 12.4 Å². The summed E-state index contributed by atoms with van der Waals surface area (Å²) in [6.45, 7) is 11.8. The molecule has 0 saturated heterocycles. The standard InChI is InChI=1S/C19H33B2NO4/c1-7-12-8-9-14(25-11-19(5,6)24)16(21)15(12)13(20)10-22-17(23)26-18(2,3)4/h8-9,13,24H,7,10-11,20-21H2,1-6H3,(H,22,23). The van der Waals surface area contributed by atoms with Gasteiger partial charge >= 0.3 is 6.09 Å². The number of hydrogen-bond donors (Lipinski definition) is 2. The third-order valence-corrected chi connectivity index (χ3v) is 3.96. The highest BCUT2D eigenvalue weighted by molar-refractivity contribution is 6.36. The fraction of sp³-hybridized carbons (Fsp3) is 0.632. The average molecular weight is 361 g/mol. The van der Waals surface area contributed by atoms with Crippen LogP contribution in [0, 0.1) is 0 Å². The monoisotopic (exact) mass is 361 g/mol. The molecule has 1 rings (SSSR count). The van der Waals surface area contributed by atoms with Gasteiger partial charge in [-0.3, -0.25) is 0 Å². The second-order valence-electron chi connectivity index (χ2n) is 8.50. The number of carbonyl (C=O) groups excluding carboxylic acids is 1. The Bertz CT molecular complexity index is 621. The second-order valence-corrected chi connectivity index (χ2v) is 8.50. The molecule has 1 aromatic carbocycles. The number of benzene rings is 1. The van der Waals surface area contributed by atoms with Gasteiger partial charge < -0.3 is 19.9 Å². The van der Waals surface area contributed by atoms with Crippen LogP contribution in [-0.2, 0) is 11.2 Å². The number of ether oxygens (including phenoxy) is 2. The van der Waals surface area contributed by atoms with Gasteiger partial charge in [-0.25, -0.2) is 4.79 Å². The van der Waals surface area contributed by atoms with Gasteiger partial charge in [0.25, 0.3) is 0 Å². The summed E-state index contributed by atoms with van der Waals surface area (Å²) in [6.07, 6.45) is 0.494. The van der Waals surface area contributed by atoms with Gasteiger partial charge in [-0.1, -0.05) is 18.6 Å². The fourth-order valence-corrected chi connectivity index (χ4v) is 2.82. The molecule has 1 atom stereocenters. The lowest BCUT2D eigenvalue weighted by atomic mass is 9.72. The highest BCUT2D eigenvalue weighted by Gasteiger charge is 2.20. The number of hydrogen-bond acceptors (Lipinski definition) is 4. The predicted octanol–water partition coefficient (Wildman–Crippen LogP) is 0.856. The zero-order valence-electron chi connectivity index (χ0n) is 17.5. The third kappa shape index (κ3) is 7.32. The molecule has 1 unspecified atom stereocenters. The molecule has 7 heteroatoms. The first-order valence-electron chi connectivity index (χ1n) is 9.28. The minimum Gasteiger partial charge on any atom is -0.491 e. The first kappa shape index (κ1) is 22.4. The molecule has 5 nitrogen and oxygen atoms in total.